The zero-order valence-electron chi connectivity index (χ0n) is 10.6. The van der Waals surface area contributed by atoms with E-state index in [4.69, 9.17) is 5.11 Å². The molecule has 0 amide bonds. The van der Waals surface area contributed by atoms with E-state index in [1.807, 2.05) is 13.0 Å². The monoisotopic (exact) mass is 250 g/mol. The van der Waals surface area contributed by atoms with E-state index < -0.39 is 5.97 Å². The smallest absolute Gasteiger partial charge is 0.308 e. The molecule has 0 spiro atoms. The lowest BCUT2D eigenvalue weighted by atomic mass is 10.4. The summed E-state index contributed by atoms with van der Waals surface area (Å²) in [5.74, 6) is 1.11. The summed E-state index contributed by atoms with van der Waals surface area (Å²) in [6.45, 7) is 4.77. The molecular weight excluding hydrogens is 232 g/mol. The molecule has 1 fully saturated rings. The molecule has 1 heterocycles. The number of nitrogens with zero attached hydrogens (tertiary/aromatic N) is 2. The summed E-state index contributed by atoms with van der Waals surface area (Å²) in [5.41, 5.74) is 0. The number of aryl methyl sites for hydroxylation is 1. The molecular formula is C12H18N4O2. The van der Waals surface area contributed by atoms with Gasteiger partial charge in [0.15, 0.2) is 0 Å². The number of rotatable bonds is 6. The molecule has 1 saturated carbocycles. The number of carbonyl (C=O) groups is 1. The maximum Gasteiger partial charge on any atom is 0.308 e. The first-order valence-electron chi connectivity index (χ1n) is 6.19. The maximum absolute atomic E-state index is 10.8. The quantitative estimate of drug-likeness (QED) is 0.709. The van der Waals surface area contributed by atoms with Crippen molar-refractivity contribution in [2.24, 2.45) is 5.92 Å². The van der Waals surface area contributed by atoms with E-state index in [1.165, 1.54) is 0 Å². The lowest BCUT2D eigenvalue weighted by molar-refractivity contribution is -0.138. The number of carboxylic acid groups (broad SMARTS) is 1. The van der Waals surface area contributed by atoms with E-state index >= 15 is 0 Å². The molecule has 6 nitrogen and oxygen atoms in total. The summed E-state index contributed by atoms with van der Waals surface area (Å²) in [4.78, 5) is 19.3. The molecule has 98 valence electrons. The van der Waals surface area contributed by atoms with Gasteiger partial charge < -0.3 is 15.7 Å². The van der Waals surface area contributed by atoms with Crippen molar-refractivity contribution in [3.8, 4) is 0 Å². The Morgan fingerprint density at radius 2 is 2.22 bits per heavy atom. The highest BCUT2D eigenvalue weighted by Crippen LogP contribution is 2.33. The van der Waals surface area contributed by atoms with Gasteiger partial charge in [-0.1, -0.05) is 6.92 Å². The second-order valence-corrected chi connectivity index (χ2v) is 4.54. The van der Waals surface area contributed by atoms with Gasteiger partial charge in [-0.15, -0.1) is 0 Å². The van der Waals surface area contributed by atoms with E-state index in [2.05, 4.69) is 27.5 Å². The van der Waals surface area contributed by atoms with Crippen molar-refractivity contribution in [1.29, 1.82) is 0 Å². The van der Waals surface area contributed by atoms with Crippen LogP contribution in [-0.4, -0.2) is 33.6 Å². The van der Waals surface area contributed by atoms with E-state index in [0.717, 1.165) is 18.8 Å². The number of aliphatic carboxylic acids is 1. The van der Waals surface area contributed by atoms with E-state index in [1.54, 1.807) is 0 Å². The van der Waals surface area contributed by atoms with Crippen LogP contribution in [0, 0.1) is 12.8 Å². The number of nitrogens with one attached hydrogen (secondary N) is 2. The van der Waals surface area contributed by atoms with Gasteiger partial charge >= 0.3 is 5.97 Å². The summed E-state index contributed by atoms with van der Waals surface area (Å²) < 4.78 is 0. The summed E-state index contributed by atoms with van der Waals surface area (Å²) in [6.07, 6.45) is 1.69. The van der Waals surface area contributed by atoms with Crippen LogP contribution in [0.2, 0.25) is 0 Å². The van der Waals surface area contributed by atoms with E-state index in [0.29, 0.717) is 18.1 Å². The number of carboxylic acids is 1. The van der Waals surface area contributed by atoms with Crippen LogP contribution in [-0.2, 0) is 4.79 Å². The van der Waals surface area contributed by atoms with Crippen LogP contribution >= 0.6 is 0 Å². The molecule has 2 rings (SSSR count). The van der Waals surface area contributed by atoms with E-state index in [9.17, 15) is 4.79 Å². The zero-order valence-corrected chi connectivity index (χ0v) is 10.6. The fourth-order valence-electron chi connectivity index (χ4n) is 1.80. The van der Waals surface area contributed by atoms with Gasteiger partial charge in [0, 0.05) is 18.7 Å². The van der Waals surface area contributed by atoms with Gasteiger partial charge in [0.05, 0.1) is 5.92 Å². The third kappa shape index (κ3) is 3.09. The van der Waals surface area contributed by atoms with Gasteiger partial charge in [0.2, 0.25) is 0 Å². The highest BCUT2D eigenvalue weighted by Gasteiger charge is 2.43. The zero-order chi connectivity index (χ0) is 13.1. The van der Waals surface area contributed by atoms with Gasteiger partial charge in [-0.25, -0.2) is 9.97 Å². The minimum Gasteiger partial charge on any atom is -0.481 e. The second-order valence-electron chi connectivity index (χ2n) is 4.54. The first-order valence-corrected chi connectivity index (χ1v) is 6.19. The first-order chi connectivity index (χ1) is 8.60. The lowest BCUT2D eigenvalue weighted by Crippen LogP contribution is -2.12. The topological polar surface area (TPSA) is 87.1 Å². The van der Waals surface area contributed by atoms with Crippen LogP contribution in [0.4, 0.5) is 11.6 Å². The summed E-state index contributed by atoms with van der Waals surface area (Å²) in [7, 11) is 0. The molecule has 6 heteroatoms. The predicted octanol–water partition coefficient (Wildman–Crippen LogP) is 1.49. The number of aromatic nitrogens is 2. The average Bonchev–Trinajstić information content (AvgIpc) is 3.05. The highest BCUT2D eigenvalue weighted by atomic mass is 16.4. The Hall–Kier alpha value is -1.85. The van der Waals surface area contributed by atoms with Crippen LogP contribution < -0.4 is 10.6 Å². The number of hydrogen-bond acceptors (Lipinski definition) is 5. The third-order valence-electron chi connectivity index (χ3n) is 2.83. The maximum atomic E-state index is 10.8. The molecule has 0 saturated heterocycles. The Kier molecular flexibility index (Phi) is 3.64. The Morgan fingerprint density at radius 3 is 2.83 bits per heavy atom. The van der Waals surface area contributed by atoms with Crippen LogP contribution in [0.15, 0.2) is 6.07 Å². The number of hydrogen-bond donors (Lipinski definition) is 3. The van der Waals surface area contributed by atoms with Crippen molar-refractivity contribution in [2.75, 3.05) is 17.2 Å². The van der Waals surface area contributed by atoms with Crippen molar-refractivity contribution in [1.82, 2.24) is 9.97 Å². The van der Waals surface area contributed by atoms with Gasteiger partial charge in [-0.2, -0.15) is 0 Å². The molecule has 2 atom stereocenters. The van der Waals surface area contributed by atoms with Gasteiger partial charge in [-0.3, -0.25) is 4.79 Å². The molecule has 0 aliphatic heterocycles. The highest BCUT2D eigenvalue weighted by molar-refractivity contribution is 5.75. The fourth-order valence-corrected chi connectivity index (χ4v) is 1.80. The van der Waals surface area contributed by atoms with Gasteiger partial charge in [0.1, 0.15) is 17.5 Å². The molecule has 1 aliphatic carbocycles. The van der Waals surface area contributed by atoms with Crippen molar-refractivity contribution in [2.45, 2.75) is 32.7 Å². The molecule has 1 aliphatic rings. The Bertz CT molecular complexity index is 450. The Labute approximate surface area is 106 Å². The van der Waals surface area contributed by atoms with Crippen molar-refractivity contribution >= 4 is 17.6 Å². The van der Waals surface area contributed by atoms with Crippen LogP contribution in [0.3, 0.4) is 0 Å². The largest absolute Gasteiger partial charge is 0.481 e. The van der Waals surface area contributed by atoms with E-state index in [-0.39, 0.29) is 12.0 Å². The predicted molar refractivity (Wildman–Crippen MR) is 68.7 cm³/mol. The molecule has 0 radical (unpaired) electrons. The third-order valence-corrected chi connectivity index (χ3v) is 2.83. The van der Waals surface area contributed by atoms with Gasteiger partial charge in [-0.05, 0) is 19.8 Å². The molecule has 3 N–H and O–H groups in total. The standard InChI is InChI=1S/C12H18N4O2/c1-3-4-13-10-6-11(15-7(2)14-10)16-9-5-8(9)12(17)18/h6,8-9H,3-5H2,1-2H3,(H,17,18)(H2,13,14,15,16). The normalized spacial score (nSPS) is 21.4. The Balaban J connectivity index is 2.00. The van der Waals surface area contributed by atoms with Crippen molar-refractivity contribution in [3.05, 3.63) is 11.9 Å². The van der Waals surface area contributed by atoms with Gasteiger partial charge in [0.25, 0.3) is 0 Å². The Morgan fingerprint density at radius 1 is 1.50 bits per heavy atom. The fraction of sp³-hybridized carbons (Fsp3) is 0.583. The van der Waals surface area contributed by atoms with Crippen molar-refractivity contribution < 1.29 is 9.90 Å². The van der Waals surface area contributed by atoms with Crippen LogP contribution in [0.25, 0.3) is 0 Å². The molecule has 1 aromatic heterocycles. The molecule has 0 aromatic carbocycles. The summed E-state index contributed by atoms with van der Waals surface area (Å²) in [5, 5.41) is 15.2. The average molecular weight is 250 g/mol. The van der Waals surface area contributed by atoms with Crippen LogP contribution in [0.1, 0.15) is 25.6 Å². The molecule has 2 unspecified atom stereocenters. The minimum absolute atomic E-state index is 0.00387. The first kappa shape index (κ1) is 12.6. The SMILES string of the molecule is CCCNc1cc(NC2CC2C(=O)O)nc(C)n1. The minimum atomic E-state index is -0.748. The molecule has 0 bridgehead atoms. The second kappa shape index (κ2) is 5.20. The van der Waals surface area contributed by atoms with Crippen molar-refractivity contribution in [3.63, 3.8) is 0 Å². The molecule has 18 heavy (non-hydrogen) atoms. The van der Waals surface area contributed by atoms with Crippen LogP contribution in [0.5, 0.6) is 0 Å². The number of anilines is 2. The summed E-state index contributed by atoms with van der Waals surface area (Å²) in [6, 6.07) is 1.82. The summed E-state index contributed by atoms with van der Waals surface area (Å²) >= 11 is 0. The molecule has 1 aromatic rings. The lowest BCUT2D eigenvalue weighted by Gasteiger charge is -2.09.